The van der Waals surface area contributed by atoms with Crippen molar-refractivity contribution in [2.24, 2.45) is 0 Å². The van der Waals surface area contributed by atoms with Crippen LogP contribution in [0.1, 0.15) is 39.3 Å². The number of nitrogens with one attached hydrogen (secondary N) is 2. The third kappa shape index (κ3) is 7.16. The SMILES string of the molecule is CC(NCC(F)(F)CNC(=O)OC(C)(C)C)c1ccc(F)cc1F. The molecule has 136 valence electrons. The Bertz CT molecular complexity index is 574. The van der Waals surface area contributed by atoms with E-state index in [2.05, 4.69) is 5.32 Å². The smallest absolute Gasteiger partial charge is 0.407 e. The highest BCUT2D eigenvalue weighted by atomic mass is 19.3. The zero-order valence-electron chi connectivity index (χ0n) is 14.1. The van der Waals surface area contributed by atoms with Gasteiger partial charge in [0, 0.05) is 17.7 Å². The number of alkyl halides is 2. The average Bonchev–Trinajstić information content (AvgIpc) is 2.41. The van der Waals surface area contributed by atoms with Crippen molar-refractivity contribution in [2.45, 2.75) is 45.3 Å². The second-order valence-electron chi connectivity index (χ2n) is 6.48. The molecular formula is C16H22F4N2O2. The number of amides is 1. The highest BCUT2D eigenvalue weighted by molar-refractivity contribution is 5.67. The Morgan fingerprint density at radius 1 is 1.21 bits per heavy atom. The maximum atomic E-state index is 13.8. The quantitative estimate of drug-likeness (QED) is 0.768. The minimum Gasteiger partial charge on any atom is -0.444 e. The van der Waals surface area contributed by atoms with E-state index >= 15 is 0 Å². The molecule has 1 aromatic carbocycles. The predicted octanol–water partition coefficient (Wildman–Crippen LogP) is 3.78. The predicted molar refractivity (Wildman–Crippen MR) is 82.0 cm³/mol. The first-order chi connectivity index (χ1) is 10.9. The molecule has 1 amide bonds. The van der Waals surface area contributed by atoms with Crippen LogP contribution < -0.4 is 10.6 Å². The number of carbonyl (C=O) groups is 1. The van der Waals surface area contributed by atoms with E-state index in [0.29, 0.717) is 6.07 Å². The number of ether oxygens (including phenoxy) is 1. The summed E-state index contributed by atoms with van der Waals surface area (Å²) in [6, 6.07) is 2.19. The van der Waals surface area contributed by atoms with Gasteiger partial charge in [-0.3, -0.25) is 0 Å². The molecule has 1 atom stereocenters. The molecule has 24 heavy (non-hydrogen) atoms. The summed E-state index contributed by atoms with van der Waals surface area (Å²) in [7, 11) is 0. The van der Waals surface area contributed by atoms with Crippen molar-refractivity contribution in [3.8, 4) is 0 Å². The fourth-order valence-corrected chi connectivity index (χ4v) is 1.84. The number of rotatable bonds is 6. The molecule has 8 heteroatoms. The molecule has 0 aliphatic heterocycles. The number of carbonyl (C=O) groups excluding carboxylic acids is 1. The Labute approximate surface area is 138 Å². The van der Waals surface area contributed by atoms with Gasteiger partial charge in [-0.25, -0.2) is 22.4 Å². The largest absolute Gasteiger partial charge is 0.444 e. The Morgan fingerprint density at radius 3 is 2.38 bits per heavy atom. The van der Waals surface area contributed by atoms with Crippen LogP contribution in [0.5, 0.6) is 0 Å². The van der Waals surface area contributed by atoms with Crippen LogP contribution in [-0.2, 0) is 4.74 Å². The van der Waals surface area contributed by atoms with Gasteiger partial charge >= 0.3 is 6.09 Å². The van der Waals surface area contributed by atoms with E-state index < -0.39 is 48.4 Å². The molecule has 0 aliphatic carbocycles. The van der Waals surface area contributed by atoms with Crippen molar-refractivity contribution in [1.82, 2.24) is 10.6 Å². The maximum absolute atomic E-state index is 13.8. The Hall–Kier alpha value is -1.83. The van der Waals surface area contributed by atoms with E-state index in [1.807, 2.05) is 5.32 Å². The van der Waals surface area contributed by atoms with E-state index in [1.165, 1.54) is 13.0 Å². The van der Waals surface area contributed by atoms with E-state index in [9.17, 15) is 22.4 Å². The van der Waals surface area contributed by atoms with E-state index in [0.717, 1.165) is 6.07 Å². The zero-order valence-corrected chi connectivity index (χ0v) is 14.1. The average molecular weight is 350 g/mol. The molecule has 0 saturated heterocycles. The molecule has 2 N–H and O–H groups in total. The maximum Gasteiger partial charge on any atom is 0.407 e. The third-order valence-corrected chi connectivity index (χ3v) is 2.99. The topological polar surface area (TPSA) is 50.4 Å². The van der Waals surface area contributed by atoms with Gasteiger partial charge in [0.15, 0.2) is 0 Å². The second-order valence-corrected chi connectivity index (χ2v) is 6.48. The van der Waals surface area contributed by atoms with E-state index in [4.69, 9.17) is 4.74 Å². The van der Waals surface area contributed by atoms with Gasteiger partial charge in [0.2, 0.25) is 0 Å². The number of hydrogen-bond acceptors (Lipinski definition) is 3. The summed E-state index contributed by atoms with van der Waals surface area (Å²) in [5.74, 6) is -4.82. The normalized spacial score (nSPS) is 13.5. The Balaban J connectivity index is 2.51. The summed E-state index contributed by atoms with van der Waals surface area (Å²) < 4.78 is 58.8. The molecule has 1 unspecified atom stereocenters. The Morgan fingerprint density at radius 2 is 1.83 bits per heavy atom. The molecular weight excluding hydrogens is 328 g/mol. The van der Waals surface area contributed by atoms with Gasteiger partial charge < -0.3 is 15.4 Å². The fourth-order valence-electron chi connectivity index (χ4n) is 1.84. The van der Waals surface area contributed by atoms with Gasteiger partial charge in [0.05, 0.1) is 13.1 Å². The lowest BCUT2D eigenvalue weighted by Gasteiger charge is -2.23. The van der Waals surface area contributed by atoms with Crippen LogP contribution in [0.4, 0.5) is 22.4 Å². The number of benzene rings is 1. The summed E-state index contributed by atoms with van der Waals surface area (Å²) in [6.45, 7) is 4.61. The summed E-state index contributed by atoms with van der Waals surface area (Å²) >= 11 is 0. The van der Waals surface area contributed by atoms with Crippen LogP contribution in [0.2, 0.25) is 0 Å². The van der Waals surface area contributed by atoms with Gasteiger partial charge in [-0.05, 0) is 33.8 Å². The lowest BCUT2D eigenvalue weighted by atomic mass is 10.1. The van der Waals surface area contributed by atoms with E-state index in [-0.39, 0.29) is 5.56 Å². The first kappa shape index (κ1) is 20.2. The Kier molecular flexibility index (Phi) is 6.59. The fraction of sp³-hybridized carbons (Fsp3) is 0.562. The third-order valence-electron chi connectivity index (χ3n) is 2.99. The first-order valence-electron chi connectivity index (χ1n) is 7.43. The van der Waals surface area contributed by atoms with E-state index in [1.54, 1.807) is 20.8 Å². The van der Waals surface area contributed by atoms with Crippen molar-refractivity contribution < 1.29 is 27.1 Å². The van der Waals surface area contributed by atoms with Crippen molar-refractivity contribution in [3.05, 3.63) is 35.4 Å². The monoisotopic (exact) mass is 350 g/mol. The van der Waals surface area contributed by atoms with Crippen LogP contribution in [-0.4, -0.2) is 30.7 Å². The molecule has 0 bridgehead atoms. The zero-order chi connectivity index (χ0) is 18.5. The molecule has 0 radical (unpaired) electrons. The molecule has 1 aromatic rings. The van der Waals surface area contributed by atoms with Gasteiger partial charge in [0.25, 0.3) is 5.92 Å². The van der Waals surface area contributed by atoms with Gasteiger partial charge in [-0.2, -0.15) is 0 Å². The summed E-state index contributed by atoms with van der Waals surface area (Å²) in [6.07, 6.45) is -0.945. The first-order valence-corrected chi connectivity index (χ1v) is 7.43. The molecule has 0 fully saturated rings. The molecule has 0 aromatic heterocycles. The van der Waals surface area contributed by atoms with Crippen LogP contribution >= 0.6 is 0 Å². The molecule has 0 aliphatic rings. The molecule has 1 rings (SSSR count). The molecule has 4 nitrogen and oxygen atoms in total. The number of hydrogen-bond donors (Lipinski definition) is 2. The van der Waals surface area contributed by atoms with Gasteiger partial charge in [-0.1, -0.05) is 6.07 Å². The molecule has 0 heterocycles. The second kappa shape index (κ2) is 7.83. The van der Waals surface area contributed by atoms with Crippen LogP contribution in [0.3, 0.4) is 0 Å². The van der Waals surface area contributed by atoms with Gasteiger partial charge in [0.1, 0.15) is 17.2 Å². The lowest BCUT2D eigenvalue weighted by Crippen LogP contribution is -2.45. The molecule has 0 saturated carbocycles. The summed E-state index contributed by atoms with van der Waals surface area (Å²) in [5, 5.41) is 4.45. The molecule has 0 spiro atoms. The van der Waals surface area contributed by atoms with Crippen LogP contribution in [0.15, 0.2) is 18.2 Å². The van der Waals surface area contributed by atoms with Crippen molar-refractivity contribution in [1.29, 1.82) is 0 Å². The minimum absolute atomic E-state index is 0.0762. The minimum atomic E-state index is -3.26. The van der Waals surface area contributed by atoms with Crippen molar-refractivity contribution in [2.75, 3.05) is 13.1 Å². The van der Waals surface area contributed by atoms with Crippen molar-refractivity contribution in [3.63, 3.8) is 0 Å². The highest BCUT2D eigenvalue weighted by Crippen LogP contribution is 2.19. The standard InChI is InChI=1S/C16H22F4N2O2/c1-10(12-6-5-11(17)7-13(12)18)21-8-16(19,20)9-22-14(23)24-15(2,3)4/h5-7,10,21H,8-9H2,1-4H3,(H,22,23). The van der Waals surface area contributed by atoms with Crippen molar-refractivity contribution >= 4 is 6.09 Å². The van der Waals surface area contributed by atoms with Crippen LogP contribution in [0.25, 0.3) is 0 Å². The number of halogens is 4. The summed E-state index contributed by atoms with van der Waals surface area (Å²) in [4.78, 5) is 11.4. The lowest BCUT2D eigenvalue weighted by molar-refractivity contribution is -0.00531. The van der Waals surface area contributed by atoms with Crippen LogP contribution in [0, 0.1) is 11.6 Å². The van der Waals surface area contributed by atoms with Gasteiger partial charge in [-0.15, -0.1) is 0 Å². The summed E-state index contributed by atoms with van der Waals surface area (Å²) in [5.41, 5.74) is -0.709. The highest BCUT2D eigenvalue weighted by Gasteiger charge is 2.31. The number of alkyl carbamates (subject to hydrolysis) is 1.